The highest BCUT2D eigenvalue weighted by atomic mass is 35.5. The Morgan fingerprint density at radius 2 is 1.64 bits per heavy atom. The molecular weight excluding hydrogens is 336 g/mol. The summed E-state index contributed by atoms with van der Waals surface area (Å²) in [7, 11) is 0. The second-order valence-corrected chi connectivity index (χ2v) is 6.11. The van der Waals surface area contributed by atoms with Crippen molar-refractivity contribution in [3.05, 3.63) is 76.7 Å². The second-order valence-electron chi connectivity index (χ2n) is 5.67. The average molecular weight is 353 g/mol. The summed E-state index contributed by atoms with van der Waals surface area (Å²) in [5.41, 5.74) is 4.13. The van der Waals surface area contributed by atoms with E-state index in [4.69, 9.17) is 11.6 Å². The topological polar surface area (TPSA) is 66.9 Å². The number of halogens is 1. The number of hydrogen-bond donors (Lipinski definition) is 2. The minimum atomic E-state index is -0.287. The monoisotopic (exact) mass is 352 g/mol. The lowest BCUT2D eigenvalue weighted by Crippen LogP contribution is -2.14. The van der Waals surface area contributed by atoms with Gasteiger partial charge in [0.1, 0.15) is 17.8 Å². The van der Waals surface area contributed by atoms with E-state index >= 15 is 0 Å². The molecule has 1 amide bonds. The van der Waals surface area contributed by atoms with E-state index < -0.39 is 0 Å². The van der Waals surface area contributed by atoms with E-state index in [1.807, 2.05) is 44.2 Å². The summed E-state index contributed by atoms with van der Waals surface area (Å²) in [6.07, 6.45) is 1.35. The largest absolute Gasteiger partial charge is 0.340 e. The van der Waals surface area contributed by atoms with Crippen molar-refractivity contribution in [2.24, 2.45) is 0 Å². The van der Waals surface area contributed by atoms with E-state index in [-0.39, 0.29) is 11.6 Å². The Hall–Kier alpha value is -2.92. The Labute approximate surface area is 151 Å². The number of aromatic nitrogens is 2. The number of aryl methyl sites for hydroxylation is 2. The summed E-state index contributed by atoms with van der Waals surface area (Å²) in [5.74, 6) is 0.243. The maximum absolute atomic E-state index is 12.4. The third kappa shape index (κ3) is 4.33. The lowest BCUT2D eigenvalue weighted by molar-refractivity contribution is 0.102. The Kier molecular flexibility index (Phi) is 4.95. The van der Waals surface area contributed by atoms with Gasteiger partial charge in [0.05, 0.1) is 0 Å². The summed E-state index contributed by atoms with van der Waals surface area (Å²) >= 11 is 5.87. The van der Waals surface area contributed by atoms with E-state index in [0.29, 0.717) is 10.8 Å². The smallest absolute Gasteiger partial charge is 0.274 e. The van der Waals surface area contributed by atoms with Gasteiger partial charge in [0, 0.05) is 22.5 Å². The number of nitrogens with one attached hydrogen (secondary N) is 2. The molecule has 0 bridgehead atoms. The lowest BCUT2D eigenvalue weighted by Gasteiger charge is -2.09. The first-order valence-electron chi connectivity index (χ1n) is 7.74. The Morgan fingerprint density at radius 3 is 2.36 bits per heavy atom. The van der Waals surface area contributed by atoms with E-state index in [0.717, 1.165) is 16.9 Å². The van der Waals surface area contributed by atoms with Gasteiger partial charge in [-0.15, -0.1) is 0 Å². The van der Waals surface area contributed by atoms with Crippen LogP contribution in [0.4, 0.5) is 17.2 Å². The van der Waals surface area contributed by atoms with Crippen molar-refractivity contribution in [3.8, 4) is 0 Å². The molecule has 2 aromatic carbocycles. The van der Waals surface area contributed by atoms with Crippen LogP contribution in [0.25, 0.3) is 0 Å². The van der Waals surface area contributed by atoms with Crippen molar-refractivity contribution in [1.82, 2.24) is 9.97 Å². The highest BCUT2D eigenvalue weighted by molar-refractivity contribution is 6.30. The molecule has 5 nitrogen and oxygen atoms in total. The molecule has 0 aliphatic rings. The first kappa shape index (κ1) is 16.9. The van der Waals surface area contributed by atoms with Crippen LogP contribution in [0.15, 0.2) is 54.9 Å². The number of amides is 1. The molecule has 0 unspecified atom stereocenters. The molecular formula is C19H17ClN4O. The molecule has 0 aliphatic heterocycles. The van der Waals surface area contributed by atoms with Crippen LogP contribution >= 0.6 is 11.6 Å². The summed E-state index contributed by atoms with van der Waals surface area (Å²) in [5, 5.41) is 6.62. The second kappa shape index (κ2) is 7.32. The Morgan fingerprint density at radius 1 is 0.920 bits per heavy atom. The maximum atomic E-state index is 12.4. The summed E-state index contributed by atoms with van der Waals surface area (Å²) in [4.78, 5) is 20.6. The third-order valence-electron chi connectivity index (χ3n) is 3.78. The highest BCUT2D eigenvalue weighted by Crippen LogP contribution is 2.19. The molecule has 1 heterocycles. The number of carbonyl (C=O) groups is 1. The standard InChI is InChI=1S/C19H17ClN4O/c1-12-3-6-16(9-13(12)2)24-19(25)17-10-18(22-11-21-17)23-15-7-4-14(20)5-8-15/h3-11H,1-2H3,(H,24,25)(H,21,22,23). The summed E-state index contributed by atoms with van der Waals surface area (Å²) in [6, 6.07) is 14.6. The predicted octanol–water partition coefficient (Wildman–Crippen LogP) is 4.74. The molecule has 3 rings (SSSR count). The normalized spacial score (nSPS) is 10.4. The van der Waals surface area contributed by atoms with Gasteiger partial charge in [0.2, 0.25) is 0 Å². The first-order chi connectivity index (χ1) is 12.0. The maximum Gasteiger partial charge on any atom is 0.274 e. The number of anilines is 3. The molecule has 0 fully saturated rings. The number of hydrogen-bond acceptors (Lipinski definition) is 4. The summed E-state index contributed by atoms with van der Waals surface area (Å²) in [6.45, 7) is 4.03. The quantitative estimate of drug-likeness (QED) is 0.711. The molecule has 0 spiro atoms. The molecule has 0 atom stereocenters. The third-order valence-corrected chi connectivity index (χ3v) is 4.03. The van der Waals surface area contributed by atoms with Gasteiger partial charge in [-0.2, -0.15) is 0 Å². The highest BCUT2D eigenvalue weighted by Gasteiger charge is 2.10. The molecule has 126 valence electrons. The lowest BCUT2D eigenvalue weighted by atomic mass is 10.1. The molecule has 3 aromatic rings. The van der Waals surface area contributed by atoms with E-state index in [1.54, 1.807) is 18.2 Å². The molecule has 25 heavy (non-hydrogen) atoms. The van der Waals surface area contributed by atoms with Gasteiger partial charge in [-0.3, -0.25) is 4.79 Å². The number of benzene rings is 2. The fourth-order valence-corrected chi connectivity index (χ4v) is 2.37. The number of nitrogens with zero attached hydrogens (tertiary/aromatic N) is 2. The molecule has 0 saturated heterocycles. The van der Waals surface area contributed by atoms with Crippen LogP contribution in [0.2, 0.25) is 5.02 Å². The number of carbonyl (C=O) groups excluding carboxylic acids is 1. The van der Waals surface area contributed by atoms with Crippen LogP contribution in [0.3, 0.4) is 0 Å². The van der Waals surface area contributed by atoms with Gasteiger partial charge in [0.15, 0.2) is 0 Å². The van der Waals surface area contributed by atoms with Crippen molar-refractivity contribution < 1.29 is 4.79 Å². The van der Waals surface area contributed by atoms with Crippen LogP contribution in [0.1, 0.15) is 21.6 Å². The fourth-order valence-electron chi connectivity index (χ4n) is 2.25. The van der Waals surface area contributed by atoms with Crippen molar-refractivity contribution in [2.45, 2.75) is 13.8 Å². The van der Waals surface area contributed by atoms with Crippen molar-refractivity contribution in [3.63, 3.8) is 0 Å². The van der Waals surface area contributed by atoms with Crippen LogP contribution < -0.4 is 10.6 Å². The van der Waals surface area contributed by atoms with Crippen LogP contribution in [0.5, 0.6) is 0 Å². The Bertz CT molecular complexity index is 910. The van der Waals surface area contributed by atoms with E-state index in [1.165, 1.54) is 11.9 Å². The molecule has 2 N–H and O–H groups in total. The molecule has 0 saturated carbocycles. The minimum absolute atomic E-state index is 0.282. The van der Waals surface area contributed by atoms with Gasteiger partial charge < -0.3 is 10.6 Å². The van der Waals surface area contributed by atoms with Crippen molar-refractivity contribution >= 4 is 34.7 Å². The zero-order valence-electron chi connectivity index (χ0n) is 13.9. The van der Waals surface area contributed by atoms with Crippen molar-refractivity contribution in [2.75, 3.05) is 10.6 Å². The first-order valence-corrected chi connectivity index (χ1v) is 8.12. The number of rotatable bonds is 4. The van der Waals surface area contributed by atoms with Crippen molar-refractivity contribution in [1.29, 1.82) is 0 Å². The van der Waals surface area contributed by atoms with Gasteiger partial charge in [-0.05, 0) is 61.4 Å². The zero-order chi connectivity index (χ0) is 17.8. The van der Waals surface area contributed by atoms with Gasteiger partial charge in [-0.25, -0.2) is 9.97 Å². The van der Waals surface area contributed by atoms with Gasteiger partial charge in [-0.1, -0.05) is 17.7 Å². The van der Waals surface area contributed by atoms with Gasteiger partial charge in [0.25, 0.3) is 5.91 Å². The van der Waals surface area contributed by atoms with Gasteiger partial charge >= 0.3 is 0 Å². The average Bonchev–Trinajstić information content (AvgIpc) is 2.60. The fraction of sp³-hybridized carbons (Fsp3) is 0.105. The van der Waals surface area contributed by atoms with E-state index in [9.17, 15) is 4.79 Å². The Balaban J connectivity index is 1.74. The SMILES string of the molecule is Cc1ccc(NC(=O)c2cc(Nc3ccc(Cl)cc3)ncn2)cc1C. The minimum Gasteiger partial charge on any atom is -0.340 e. The molecule has 1 aromatic heterocycles. The molecule has 0 radical (unpaired) electrons. The van der Waals surface area contributed by atoms with Crippen LogP contribution in [0, 0.1) is 13.8 Å². The van der Waals surface area contributed by atoms with Crippen LogP contribution in [-0.4, -0.2) is 15.9 Å². The predicted molar refractivity (Wildman–Crippen MR) is 101 cm³/mol. The molecule has 6 heteroatoms. The summed E-state index contributed by atoms with van der Waals surface area (Å²) < 4.78 is 0. The van der Waals surface area contributed by atoms with E-state index in [2.05, 4.69) is 20.6 Å². The zero-order valence-corrected chi connectivity index (χ0v) is 14.6. The molecule has 0 aliphatic carbocycles. The van der Waals surface area contributed by atoms with Crippen LogP contribution in [-0.2, 0) is 0 Å².